The summed E-state index contributed by atoms with van der Waals surface area (Å²) in [5, 5.41) is 8.57. The second kappa shape index (κ2) is 8.69. The molecule has 0 aliphatic carbocycles. The number of carbonyl (C=O) groups is 1. The van der Waals surface area contributed by atoms with Crippen molar-refractivity contribution in [2.24, 2.45) is 5.73 Å². The number of fused-ring (bicyclic) bond motifs is 1. The molecule has 0 spiro atoms. The van der Waals surface area contributed by atoms with E-state index in [1.165, 1.54) is 0 Å². The number of halogens is 1. The van der Waals surface area contributed by atoms with E-state index in [1.54, 1.807) is 11.8 Å². The molecule has 6 nitrogen and oxygen atoms in total. The molecular weight excluding hydrogens is 346 g/mol. The van der Waals surface area contributed by atoms with Gasteiger partial charge in [0.2, 0.25) is 5.91 Å². The molecule has 0 bridgehead atoms. The Hall–Kier alpha value is -1.31. The molecule has 1 aliphatic rings. The molecule has 132 valence electrons. The molecule has 0 aromatic carbocycles. The van der Waals surface area contributed by atoms with Gasteiger partial charge in [0, 0.05) is 25.2 Å². The number of hydrogen-bond acceptors (Lipinski definition) is 5. The minimum absolute atomic E-state index is 0. The zero-order valence-electron chi connectivity index (χ0n) is 13.8. The number of likely N-dealkylation sites (tertiary alicyclic amines) is 1. The summed E-state index contributed by atoms with van der Waals surface area (Å²) >= 11 is 1.72. The van der Waals surface area contributed by atoms with Crippen molar-refractivity contribution in [1.29, 1.82) is 0 Å². The van der Waals surface area contributed by atoms with E-state index in [9.17, 15) is 4.79 Å². The lowest BCUT2D eigenvalue weighted by atomic mass is 9.96. The van der Waals surface area contributed by atoms with E-state index in [0.29, 0.717) is 6.54 Å². The molecule has 8 heteroatoms. The van der Waals surface area contributed by atoms with Crippen molar-refractivity contribution in [3.63, 3.8) is 0 Å². The topological polar surface area (TPSA) is 76.5 Å². The average Bonchev–Trinajstić information content (AvgIpc) is 3.03. The van der Waals surface area contributed by atoms with Crippen LogP contribution in [0.4, 0.5) is 0 Å². The SMILES string of the molecule is CSCC[C@H](N)C(=O)N1CCCC(c2nnc3ccccn23)C1.Cl. The van der Waals surface area contributed by atoms with Crippen LogP contribution in [0, 0.1) is 0 Å². The molecule has 2 N–H and O–H groups in total. The highest BCUT2D eigenvalue weighted by Gasteiger charge is 2.29. The van der Waals surface area contributed by atoms with Crippen LogP contribution in [0.1, 0.15) is 31.0 Å². The van der Waals surface area contributed by atoms with Gasteiger partial charge in [-0.2, -0.15) is 11.8 Å². The Morgan fingerprint density at radius 3 is 3.08 bits per heavy atom. The summed E-state index contributed by atoms with van der Waals surface area (Å²) in [6, 6.07) is 5.48. The maximum atomic E-state index is 12.5. The van der Waals surface area contributed by atoms with Gasteiger partial charge in [0.25, 0.3) is 0 Å². The number of nitrogens with two attached hydrogens (primary N) is 1. The molecule has 1 unspecified atom stereocenters. The summed E-state index contributed by atoms with van der Waals surface area (Å²) in [6.45, 7) is 1.47. The molecule has 2 aromatic heterocycles. The first-order valence-corrected chi connectivity index (χ1v) is 9.43. The van der Waals surface area contributed by atoms with Gasteiger partial charge in [0.15, 0.2) is 5.65 Å². The molecular formula is C16H24ClN5OS. The predicted octanol–water partition coefficient (Wildman–Crippen LogP) is 1.94. The number of rotatable bonds is 5. The molecule has 3 rings (SSSR count). The summed E-state index contributed by atoms with van der Waals surface area (Å²) in [4.78, 5) is 14.4. The minimum Gasteiger partial charge on any atom is -0.341 e. The second-order valence-electron chi connectivity index (χ2n) is 6.00. The van der Waals surface area contributed by atoms with Crippen LogP contribution in [0.2, 0.25) is 0 Å². The van der Waals surface area contributed by atoms with E-state index in [2.05, 4.69) is 10.2 Å². The maximum absolute atomic E-state index is 12.5. The van der Waals surface area contributed by atoms with Gasteiger partial charge < -0.3 is 10.6 Å². The predicted molar refractivity (Wildman–Crippen MR) is 99.8 cm³/mol. The van der Waals surface area contributed by atoms with Gasteiger partial charge in [-0.15, -0.1) is 22.6 Å². The van der Waals surface area contributed by atoms with Crippen LogP contribution in [0.5, 0.6) is 0 Å². The third kappa shape index (κ3) is 4.02. The number of nitrogens with zero attached hydrogens (tertiary/aromatic N) is 4. The van der Waals surface area contributed by atoms with Crippen LogP contribution < -0.4 is 5.73 Å². The Labute approximate surface area is 152 Å². The number of piperidine rings is 1. The van der Waals surface area contributed by atoms with Crippen molar-refractivity contribution < 1.29 is 4.79 Å². The van der Waals surface area contributed by atoms with E-state index in [0.717, 1.165) is 43.0 Å². The monoisotopic (exact) mass is 369 g/mol. The summed E-state index contributed by atoms with van der Waals surface area (Å²) in [5.41, 5.74) is 6.90. The van der Waals surface area contributed by atoms with Crippen molar-refractivity contribution in [3.8, 4) is 0 Å². The van der Waals surface area contributed by atoms with E-state index in [-0.39, 0.29) is 24.2 Å². The lowest BCUT2D eigenvalue weighted by Crippen LogP contribution is -2.48. The standard InChI is InChI=1S/C16H23N5OS.ClH/c1-23-10-7-13(17)16(22)20-8-4-5-12(11-20)15-19-18-14-6-2-3-9-21(14)15;/h2-3,6,9,12-13H,4-5,7-8,10-11,17H2,1H3;1H/t12?,13-;/m0./s1. The first-order valence-electron chi connectivity index (χ1n) is 8.03. The zero-order valence-corrected chi connectivity index (χ0v) is 15.4. The lowest BCUT2D eigenvalue weighted by Gasteiger charge is -2.33. The first kappa shape index (κ1) is 19.0. The van der Waals surface area contributed by atoms with Gasteiger partial charge in [-0.1, -0.05) is 6.07 Å². The zero-order chi connectivity index (χ0) is 16.2. The Bertz CT molecular complexity index is 679. The largest absolute Gasteiger partial charge is 0.341 e. The van der Waals surface area contributed by atoms with E-state index in [4.69, 9.17) is 5.73 Å². The number of carbonyl (C=O) groups excluding carboxylic acids is 1. The number of hydrogen-bond donors (Lipinski definition) is 1. The van der Waals surface area contributed by atoms with Crippen LogP contribution in [0.15, 0.2) is 24.4 Å². The number of pyridine rings is 1. The Balaban J connectivity index is 0.00000208. The van der Waals surface area contributed by atoms with Crippen LogP contribution >= 0.6 is 24.2 Å². The van der Waals surface area contributed by atoms with Gasteiger partial charge in [0.1, 0.15) is 5.82 Å². The molecule has 1 fully saturated rings. The fourth-order valence-corrected chi connectivity index (χ4v) is 3.62. The fraction of sp³-hybridized carbons (Fsp3) is 0.562. The smallest absolute Gasteiger partial charge is 0.239 e. The van der Waals surface area contributed by atoms with Crippen molar-refractivity contribution >= 4 is 35.7 Å². The molecule has 1 saturated heterocycles. The number of amides is 1. The number of aromatic nitrogens is 3. The Morgan fingerprint density at radius 2 is 2.29 bits per heavy atom. The summed E-state index contributed by atoms with van der Waals surface area (Å²) < 4.78 is 2.02. The number of thioether (sulfide) groups is 1. The molecule has 1 amide bonds. The molecule has 0 radical (unpaired) electrons. The maximum Gasteiger partial charge on any atom is 0.239 e. The van der Waals surface area contributed by atoms with Gasteiger partial charge in [-0.25, -0.2) is 0 Å². The van der Waals surface area contributed by atoms with Crippen molar-refractivity contribution in [2.75, 3.05) is 25.1 Å². The quantitative estimate of drug-likeness (QED) is 0.871. The van der Waals surface area contributed by atoms with Crippen molar-refractivity contribution in [3.05, 3.63) is 30.2 Å². The molecule has 2 aromatic rings. The third-order valence-electron chi connectivity index (χ3n) is 4.39. The van der Waals surface area contributed by atoms with Crippen molar-refractivity contribution in [1.82, 2.24) is 19.5 Å². The second-order valence-corrected chi connectivity index (χ2v) is 6.98. The van der Waals surface area contributed by atoms with Gasteiger partial charge in [0.05, 0.1) is 6.04 Å². The van der Waals surface area contributed by atoms with Crippen LogP contribution in [0.3, 0.4) is 0 Å². The fourth-order valence-electron chi connectivity index (χ4n) is 3.13. The van der Waals surface area contributed by atoms with Crippen LogP contribution in [-0.4, -0.2) is 56.5 Å². The molecule has 3 heterocycles. The van der Waals surface area contributed by atoms with Gasteiger partial charge in [-0.3, -0.25) is 9.20 Å². The average molecular weight is 370 g/mol. The molecule has 2 atom stereocenters. The van der Waals surface area contributed by atoms with Crippen LogP contribution in [0.25, 0.3) is 5.65 Å². The molecule has 1 aliphatic heterocycles. The van der Waals surface area contributed by atoms with E-state index >= 15 is 0 Å². The first-order chi connectivity index (χ1) is 11.2. The highest BCUT2D eigenvalue weighted by Crippen LogP contribution is 2.26. The lowest BCUT2D eigenvalue weighted by molar-refractivity contribution is -0.133. The highest BCUT2D eigenvalue weighted by molar-refractivity contribution is 7.98. The van der Waals surface area contributed by atoms with E-state index in [1.807, 2.05) is 40.0 Å². The minimum atomic E-state index is -0.392. The summed E-state index contributed by atoms with van der Waals surface area (Å²) in [7, 11) is 0. The van der Waals surface area contributed by atoms with Gasteiger partial charge in [-0.05, 0) is 43.4 Å². The summed E-state index contributed by atoms with van der Waals surface area (Å²) in [5.74, 6) is 2.14. The van der Waals surface area contributed by atoms with Crippen molar-refractivity contribution in [2.45, 2.75) is 31.2 Å². The molecule has 0 saturated carbocycles. The summed E-state index contributed by atoms with van der Waals surface area (Å²) in [6.07, 6.45) is 6.75. The van der Waals surface area contributed by atoms with Crippen LogP contribution in [-0.2, 0) is 4.79 Å². The Morgan fingerprint density at radius 1 is 1.46 bits per heavy atom. The Kier molecular flexibility index (Phi) is 6.89. The molecule has 24 heavy (non-hydrogen) atoms. The normalized spacial score (nSPS) is 19.1. The van der Waals surface area contributed by atoms with Gasteiger partial charge >= 0.3 is 0 Å². The third-order valence-corrected chi connectivity index (χ3v) is 5.03. The van der Waals surface area contributed by atoms with E-state index < -0.39 is 6.04 Å². The highest BCUT2D eigenvalue weighted by atomic mass is 35.5.